The summed E-state index contributed by atoms with van der Waals surface area (Å²) in [5.41, 5.74) is 0.191. The van der Waals surface area contributed by atoms with Crippen molar-refractivity contribution in [3.63, 3.8) is 0 Å². The standard InChI is InChI=1S/C33H47N5O11S/c1-33(2,16-8-17-34-31(46-4)36-38(41)42)22-37(50(43,44)25-13-11-24(45-3)12-14-25)20-28(39)27(19-23-9-6-5-7-10-23)35-32(40)49-29-21-48-30-26(29)15-18-47-30/h5-7,9-14,26-30,39H,8,15-22H2,1-4H3,(H,34,36)(H,35,40)/t26-,27-,28+,29-,30+/m0/s1. The molecule has 2 heterocycles. The lowest BCUT2D eigenvalue weighted by molar-refractivity contribution is -0.486. The van der Waals surface area contributed by atoms with Crippen molar-refractivity contribution in [1.82, 2.24) is 14.9 Å². The van der Waals surface area contributed by atoms with Crippen molar-refractivity contribution in [2.24, 2.45) is 16.4 Å². The molecule has 2 aromatic carbocycles. The molecule has 0 aliphatic carbocycles. The Morgan fingerprint density at radius 2 is 1.88 bits per heavy atom. The Bertz CT molecular complexity index is 1540. The lowest BCUT2D eigenvalue weighted by atomic mass is 9.87. The van der Waals surface area contributed by atoms with Gasteiger partial charge >= 0.3 is 12.1 Å². The Hall–Kier alpha value is -4.03. The van der Waals surface area contributed by atoms with Gasteiger partial charge in [0, 0.05) is 19.6 Å². The number of fused-ring (bicyclic) bond motifs is 1. The highest BCUT2D eigenvalue weighted by Gasteiger charge is 2.44. The van der Waals surface area contributed by atoms with Gasteiger partial charge in [-0.15, -0.1) is 0 Å². The molecule has 50 heavy (non-hydrogen) atoms. The normalized spacial score (nSPS) is 20.5. The molecular weight excluding hydrogens is 674 g/mol. The molecule has 2 fully saturated rings. The van der Waals surface area contributed by atoms with Crippen LogP contribution in [-0.4, -0.2) is 107 Å². The molecule has 17 heteroatoms. The van der Waals surface area contributed by atoms with E-state index in [0.717, 1.165) is 5.56 Å². The van der Waals surface area contributed by atoms with E-state index in [-0.39, 0.29) is 49.5 Å². The molecule has 3 N–H and O–H groups in total. The minimum absolute atomic E-state index is 0.00350. The lowest BCUT2D eigenvalue weighted by Crippen LogP contribution is -2.52. The number of amidine groups is 1. The molecular formula is C33H47N5O11S. The van der Waals surface area contributed by atoms with E-state index in [4.69, 9.17) is 23.7 Å². The number of carbonyl (C=O) groups excluding carboxylic acids is 1. The Labute approximate surface area is 292 Å². The summed E-state index contributed by atoms with van der Waals surface area (Å²) in [4.78, 5) is 23.9. The summed E-state index contributed by atoms with van der Waals surface area (Å²) in [6, 6.07) is 14.0. The van der Waals surface area contributed by atoms with Crippen LogP contribution in [0.5, 0.6) is 5.75 Å². The summed E-state index contributed by atoms with van der Waals surface area (Å²) in [7, 11) is -1.43. The van der Waals surface area contributed by atoms with Gasteiger partial charge in [-0.3, -0.25) is 0 Å². The Morgan fingerprint density at radius 1 is 1.16 bits per heavy atom. The molecule has 2 aromatic rings. The van der Waals surface area contributed by atoms with Gasteiger partial charge in [-0.2, -0.15) is 4.31 Å². The Balaban J connectivity index is 1.53. The van der Waals surface area contributed by atoms with Crippen LogP contribution in [0.25, 0.3) is 0 Å². The van der Waals surface area contributed by atoms with E-state index in [1.54, 1.807) is 12.1 Å². The number of hydrogen-bond donors (Lipinski definition) is 3. The van der Waals surface area contributed by atoms with Gasteiger partial charge in [0.1, 0.15) is 17.0 Å². The average Bonchev–Trinajstić information content (AvgIpc) is 3.71. The predicted octanol–water partition coefficient (Wildman–Crippen LogP) is 2.74. The summed E-state index contributed by atoms with van der Waals surface area (Å²) in [6.07, 6.45) is -1.13. The van der Waals surface area contributed by atoms with Crippen molar-refractivity contribution in [2.75, 3.05) is 47.1 Å². The van der Waals surface area contributed by atoms with Crippen molar-refractivity contribution >= 4 is 22.1 Å². The number of methoxy groups -OCH3 is 2. The fourth-order valence-corrected chi connectivity index (χ4v) is 7.69. The van der Waals surface area contributed by atoms with Crippen LogP contribution in [0.4, 0.5) is 4.79 Å². The van der Waals surface area contributed by atoms with Gasteiger partial charge in [-0.25, -0.2) is 23.3 Å². The smallest absolute Gasteiger partial charge is 0.407 e. The largest absolute Gasteiger partial charge is 0.497 e. The molecule has 0 saturated carbocycles. The minimum atomic E-state index is -4.17. The third-order valence-electron chi connectivity index (χ3n) is 8.67. The quantitative estimate of drug-likeness (QED) is 0.0711. The number of nitrogens with one attached hydrogen (secondary N) is 2. The van der Waals surface area contributed by atoms with E-state index in [0.29, 0.717) is 31.6 Å². The molecule has 1 amide bonds. The maximum absolute atomic E-state index is 14.2. The SMILES string of the molecule is CO/C(=N\[N+](=O)[O-])NCCCC(C)(C)CN(C[C@@H](O)[C@H](Cc1ccccc1)NC(=O)O[C@H]1CO[C@H]2OCC[C@H]21)S(=O)(=O)c1ccc(OC)cc1. The van der Waals surface area contributed by atoms with Crippen molar-refractivity contribution in [3.8, 4) is 5.75 Å². The van der Waals surface area contributed by atoms with E-state index in [9.17, 15) is 28.4 Å². The summed E-state index contributed by atoms with van der Waals surface area (Å²) < 4.78 is 56.5. The van der Waals surface area contributed by atoms with E-state index >= 15 is 0 Å². The first-order chi connectivity index (χ1) is 23.8. The zero-order chi connectivity index (χ0) is 36.3. The second kappa shape index (κ2) is 17.8. The molecule has 276 valence electrons. The fourth-order valence-electron chi connectivity index (χ4n) is 6.04. The third-order valence-corrected chi connectivity index (χ3v) is 10.5. The number of alkyl carbamates (subject to hydrolysis) is 1. The van der Waals surface area contributed by atoms with Crippen LogP contribution in [0, 0.1) is 21.4 Å². The van der Waals surface area contributed by atoms with Crippen LogP contribution in [0.3, 0.4) is 0 Å². The van der Waals surface area contributed by atoms with Gasteiger partial charge in [0.05, 0.1) is 50.4 Å². The zero-order valence-corrected chi connectivity index (χ0v) is 29.5. The Kier molecular flexibility index (Phi) is 13.8. The number of hydrogen-bond acceptors (Lipinski definition) is 11. The number of nitro groups is 1. The maximum atomic E-state index is 14.2. The molecule has 0 radical (unpaired) electrons. The monoisotopic (exact) mass is 721 g/mol. The lowest BCUT2D eigenvalue weighted by Gasteiger charge is -2.35. The second-order valence-electron chi connectivity index (χ2n) is 13.0. The summed E-state index contributed by atoms with van der Waals surface area (Å²) in [6.45, 7) is 4.43. The maximum Gasteiger partial charge on any atom is 0.407 e. The van der Waals surface area contributed by atoms with Crippen LogP contribution in [0.2, 0.25) is 0 Å². The van der Waals surface area contributed by atoms with Crippen LogP contribution < -0.4 is 15.4 Å². The number of benzene rings is 2. The number of carbonyl (C=O) groups is 1. The number of aliphatic hydroxyl groups excluding tert-OH is 1. The molecule has 4 rings (SSSR count). The second-order valence-corrected chi connectivity index (χ2v) is 14.9. The highest BCUT2D eigenvalue weighted by atomic mass is 32.2. The van der Waals surface area contributed by atoms with Gasteiger partial charge < -0.3 is 39.4 Å². The molecule has 0 bridgehead atoms. The first kappa shape index (κ1) is 38.8. The van der Waals surface area contributed by atoms with Gasteiger partial charge in [0.25, 0.3) is 0 Å². The van der Waals surface area contributed by atoms with Crippen molar-refractivity contribution < 1.29 is 47.0 Å². The predicted molar refractivity (Wildman–Crippen MR) is 181 cm³/mol. The van der Waals surface area contributed by atoms with Gasteiger partial charge in [-0.1, -0.05) is 44.2 Å². The van der Waals surface area contributed by atoms with E-state index in [1.165, 1.54) is 30.7 Å². The summed E-state index contributed by atoms with van der Waals surface area (Å²) >= 11 is 0. The molecule has 2 aliphatic heterocycles. The number of aliphatic hydroxyl groups is 1. The number of sulfonamides is 1. The van der Waals surface area contributed by atoms with Gasteiger partial charge in [0.15, 0.2) is 11.3 Å². The van der Waals surface area contributed by atoms with Crippen molar-refractivity contribution in [1.29, 1.82) is 0 Å². The van der Waals surface area contributed by atoms with E-state index in [2.05, 4.69) is 15.7 Å². The Morgan fingerprint density at radius 3 is 2.54 bits per heavy atom. The molecule has 5 atom stereocenters. The minimum Gasteiger partial charge on any atom is -0.497 e. The van der Waals surface area contributed by atoms with Crippen molar-refractivity contribution in [2.45, 2.75) is 69.0 Å². The van der Waals surface area contributed by atoms with Gasteiger partial charge in [-0.05, 0) is 60.9 Å². The molecule has 0 unspecified atom stereocenters. The molecule has 0 aromatic heterocycles. The van der Waals surface area contributed by atoms with E-state index < -0.39 is 51.1 Å². The number of rotatable bonds is 17. The van der Waals surface area contributed by atoms with Crippen LogP contribution in [0.15, 0.2) is 64.6 Å². The number of ether oxygens (including phenoxy) is 5. The molecule has 0 spiro atoms. The number of nitrogens with zero attached hydrogens (tertiary/aromatic N) is 3. The summed E-state index contributed by atoms with van der Waals surface area (Å²) in [5.74, 6) is 0.399. The number of hydrazone groups is 1. The zero-order valence-electron chi connectivity index (χ0n) is 28.7. The average molecular weight is 722 g/mol. The summed E-state index contributed by atoms with van der Waals surface area (Å²) in [5, 5.41) is 30.3. The van der Waals surface area contributed by atoms with Crippen LogP contribution in [0.1, 0.15) is 38.7 Å². The molecule has 16 nitrogen and oxygen atoms in total. The first-order valence-corrected chi connectivity index (χ1v) is 17.8. The van der Waals surface area contributed by atoms with E-state index in [1.807, 2.05) is 44.2 Å². The van der Waals surface area contributed by atoms with Crippen molar-refractivity contribution in [3.05, 3.63) is 70.3 Å². The highest BCUT2D eigenvalue weighted by Crippen LogP contribution is 2.33. The molecule has 2 aliphatic rings. The van der Waals surface area contributed by atoms with Crippen LogP contribution in [-0.2, 0) is 35.4 Å². The van der Waals surface area contributed by atoms with Gasteiger partial charge in [0.2, 0.25) is 10.0 Å². The number of amides is 1. The topological polar surface area (TPSA) is 200 Å². The first-order valence-electron chi connectivity index (χ1n) is 16.4. The third kappa shape index (κ3) is 11.0. The van der Waals surface area contributed by atoms with Crippen LogP contribution >= 0.6 is 0 Å². The fraction of sp³-hybridized carbons (Fsp3) is 0.576. The highest BCUT2D eigenvalue weighted by molar-refractivity contribution is 7.89. The molecule has 2 saturated heterocycles.